The molecule has 5 rings (SSSR count). The van der Waals surface area contributed by atoms with E-state index in [1.165, 1.54) is 44.9 Å². The normalized spacial score (nSPS) is 42.8. The van der Waals surface area contributed by atoms with Gasteiger partial charge in [-0.1, -0.05) is 33.8 Å². The van der Waals surface area contributed by atoms with Crippen LogP contribution in [0.15, 0.2) is 24.4 Å². The average molecular weight is 495 g/mol. The van der Waals surface area contributed by atoms with E-state index in [1.54, 1.807) is 0 Å². The fourth-order valence-corrected chi connectivity index (χ4v) is 9.90. The van der Waals surface area contributed by atoms with Crippen molar-refractivity contribution in [1.82, 2.24) is 10.3 Å². The van der Waals surface area contributed by atoms with E-state index in [9.17, 15) is 9.90 Å². The number of carbonyl (C=O) groups excluding carboxylic acids is 1. The molecule has 4 nitrogen and oxygen atoms in total. The van der Waals surface area contributed by atoms with Gasteiger partial charge in [-0.25, -0.2) is 0 Å². The number of hydrogen-bond acceptors (Lipinski definition) is 4. The number of Topliss-reactive ketones (excluding diaryl/α,β-unsaturated/α-hetero) is 1. The van der Waals surface area contributed by atoms with E-state index in [0.717, 1.165) is 31.5 Å². The van der Waals surface area contributed by atoms with Crippen molar-refractivity contribution < 1.29 is 9.90 Å². The van der Waals surface area contributed by atoms with Crippen LogP contribution in [0.1, 0.15) is 104 Å². The van der Waals surface area contributed by atoms with Crippen LogP contribution in [0.25, 0.3) is 0 Å². The summed E-state index contributed by atoms with van der Waals surface area (Å²) in [5.74, 6) is 4.13. The molecule has 0 amide bonds. The van der Waals surface area contributed by atoms with Crippen LogP contribution < -0.4 is 5.32 Å². The Labute approximate surface area is 219 Å². The fourth-order valence-electron chi connectivity index (χ4n) is 9.90. The number of nitrogens with one attached hydrogen (secondary N) is 1. The van der Waals surface area contributed by atoms with Crippen LogP contribution in [0.4, 0.5) is 0 Å². The lowest BCUT2D eigenvalue weighted by Gasteiger charge is -2.62. The SMILES string of the molecule is CCC(=O)CC[C@@H](C)[C@H]1CCC2C3C(O)C[C@H]4C[C@@H](NCc5ccccn5)CC[C@]4(C)C3CC[C@@]21C. The standard InChI is InChI=1S/C32H50N2O2/c1-5-25(35)10-9-21(2)26-11-12-27-30-28(14-16-32(26,27)4)31(3)15-13-23(18-22(31)19-29(30)36)34-20-24-8-6-7-17-33-24/h6-8,17,21-23,26-30,34,36H,5,9-16,18-20H2,1-4H3/t21-,22-,23+,26-,27?,28?,29?,30?,31+,32-/m1/s1. The second-order valence-corrected chi connectivity index (χ2v) is 13.6. The molecule has 36 heavy (non-hydrogen) atoms. The predicted molar refractivity (Wildman–Crippen MR) is 145 cm³/mol. The highest BCUT2D eigenvalue weighted by molar-refractivity contribution is 5.77. The maximum atomic E-state index is 12.0. The number of pyridine rings is 1. The maximum absolute atomic E-state index is 12.0. The highest BCUT2D eigenvalue weighted by Crippen LogP contribution is 2.68. The molecule has 4 fully saturated rings. The van der Waals surface area contributed by atoms with E-state index in [-0.39, 0.29) is 6.10 Å². The highest BCUT2D eigenvalue weighted by Gasteiger charge is 2.62. The minimum Gasteiger partial charge on any atom is -0.393 e. The minimum absolute atomic E-state index is 0.150. The first-order chi connectivity index (χ1) is 17.3. The number of nitrogens with zero attached hydrogens (tertiary/aromatic N) is 1. The summed E-state index contributed by atoms with van der Waals surface area (Å²) in [5.41, 5.74) is 1.82. The Hall–Kier alpha value is -1.26. The first-order valence-corrected chi connectivity index (χ1v) is 15.1. The Balaban J connectivity index is 1.25. The maximum Gasteiger partial charge on any atom is 0.132 e. The zero-order valence-corrected chi connectivity index (χ0v) is 23.2. The molecule has 4 saturated carbocycles. The number of aliphatic hydroxyl groups excluding tert-OH is 1. The summed E-state index contributed by atoms with van der Waals surface area (Å²) in [5, 5.41) is 15.5. The van der Waals surface area contributed by atoms with Gasteiger partial charge < -0.3 is 10.4 Å². The van der Waals surface area contributed by atoms with Crippen molar-refractivity contribution in [2.75, 3.05) is 0 Å². The monoisotopic (exact) mass is 494 g/mol. The minimum atomic E-state index is -0.150. The van der Waals surface area contributed by atoms with Crippen molar-refractivity contribution in [1.29, 1.82) is 0 Å². The van der Waals surface area contributed by atoms with Crippen LogP contribution in [0.3, 0.4) is 0 Å². The van der Waals surface area contributed by atoms with Gasteiger partial charge >= 0.3 is 0 Å². The lowest BCUT2D eigenvalue weighted by molar-refractivity contribution is -0.167. The number of ketones is 1. The van der Waals surface area contributed by atoms with E-state index < -0.39 is 0 Å². The summed E-state index contributed by atoms with van der Waals surface area (Å²) >= 11 is 0. The largest absolute Gasteiger partial charge is 0.393 e. The third-order valence-corrected chi connectivity index (χ3v) is 12.0. The first-order valence-electron chi connectivity index (χ1n) is 15.1. The second kappa shape index (κ2) is 10.5. The van der Waals surface area contributed by atoms with Crippen molar-refractivity contribution in [2.24, 2.45) is 46.3 Å². The van der Waals surface area contributed by atoms with Crippen LogP contribution >= 0.6 is 0 Å². The molecule has 0 radical (unpaired) electrons. The van der Waals surface area contributed by atoms with E-state index in [2.05, 4.69) is 43.2 Å². The molecule has 4 heteroatoms. The molecule has 0 aromatic carbocycles. The molecule has 1 heterocycles. The number of carbonyl (C=O) groups is 1. The molecule has 0 saturated heterocycles. The van der Waals surface area contributed by atoms with Crippen LogP contribution in [0, 0.1) is 46.3 Å². The van der Waals surface area contributed by atoms with E-state index in [4.69, 9.17) is 0 Å². The van der Waals surface area contributed by atoms with Gasteiger partial charge in [-0.3, -0.25) is 9.78 Å². The van der Waals surface area contributed by atoms with Crippen molar-refractivity contribution >= 4 is 5.78 Å². The first kappa shape index (κ1) is 26.4. The van der Waals surface area contributed by atoms with Crippen molar-refractivity contribution in [3.8, 4) is 0 Å². The van der Waals surface area contributed by atoms with Gasteiger partial charge in [0.05, 0.1) is 11.8 Å². The molecule has 0 aliphatic heterocycles. The summed E-state index contributed by atoms with van der Waals surface area (Å²) in [4.78, 5) is 16.5. The summed E-state index contributed by atoms with van der Waals surface area (Å²) < 4.78 is 0. The van der Waals surface area contributed by atoms with E-state index in [0.29, 0.717) is 64.6 Å². The molecular formula is C32H50N2O2. The summed E-state index contributed by atoms with van der Waals surface area (Å²) in [7, 11) is 0. The number of fused-ring (bicyclic) bond motifs is 5. The number of hydrogen-bond donors (Lipinski definition) is 2. The van der Waals surface area contributed by atoms with Crippen molar-refractivity contribution in [2.45, 2.75) is 117 Å². The molecule has 4 aliphatic carbocycles. The van der Waals surface area contributed by atoms with Crippen molar-refractivity contribution in [3.63, 3.8) is 0 Å². The van der Waals surface area contributed by atoms with E-state index >= 15 is 0 Å². The smallest absolute Gasteiger partial charge is 0.132 e. The average Bonchev–Trinajstić information content (AvgIpc) is 3.24. The second-order valence-electron chi connectivity index (χ2n) is 13.6. The third-order valence-electron chi connectivity index (χ3n) is 12.0. The molecule has 10 atom stereocenters. The van der Waals surface area contributed by atoms with Crippen LogP contribution in [-0.2, 0) is 11.3 Å². The van der Waals surface area contributed by atoms with Crippen LogP contribution in [0.2, 0.25) is 0 Å². The highest BCUT2D eigenvalue weighted by atomic mass is 16.3. The Kier molecular flexibility index (Phi) is 7.67. The molecule has 1 aromatic rings. The Morgan fingerprint density at radius 3 is 2.64 bits per heavy atom. The number of rotatable bonds is 8. The third kappa shape index (κ3) is 4.70. The quantitative estimate of drug-likeness (QED) is 0.429. The lowest BCUT2D eigenvalue weighted by Crippen LogP contribution is -2.59. The molecule has 200 valence electrons. The summed E-state index contributed by atoms with van der Waals surface area (Å²) in [6.45, 7) is 10.4. The topological polar surface area (TPSA) is 62.2 Å². The van der Waals surface area contributed by atoms with Gasteiger partial charge in [0.25, 0.3) is 0 Å². The molecule has 4 unspecified atom stereocenters. The van der Waals surface area contributed by atoms with Crippen molar-refractivity contribution in [3.05, 3.63) is 30.1 Å². The van der Waals surface area contributed by atoms with Gasteiger partial charge in [0.1, 0.15) is 5.78 Å². The van der Waals surface area contributed by atoms with Crippen LogP contribution in [-0.4, -0.2) is 28.0 Å². The number of aliphatic hydroxyl groups is 1. The summed E-state index contributed by atoms with van der Waals surface area (Å²) in [6.07, 6.45) is 14.1. The van der Waals surface area contributed by atoms with Gasteiger partial charge in [-0.05, 0) is 116 Å². The Morgan fingerprint density at radius 2 is 1.89 bits per heavy atom. The van der Waals surface area contributed by atoms with Gasteiger partial charge in [0.2, 0.25) is 0 Å². The zero-order valence-electron chi connectivity index (χ0n) is 23.2. The zero-order chi connectivity index (χ0) is 25.5. The molecular weight excluding hydrogens is 444 g/mol. The Morgan fingerprint density at radius 1 is 1.11 bits per heavy atom. The fraction of sp³-hybridized carbons (Fsp3) is 0.812. The molecule has 2 N–H and O–H groups in total. The molecule has 0 bridgehead atoms. The van der Waals surface area contributed by atoms with Gasteiger partial charge in [0, 0.05) is 31.6 Å². The molecule has 1 aromatic heterocycles. The molecule has 4 aliphatic rings. The lowest BCUT2D eigenvalue weighted by atomic mass is 9.43. The number of aromatic nitrogens is 1. The predicted octanol–water partition coefficient (Wildman–Crippen LogP) is 6.56. The van der Waals surface area contributed by atoms with E-state index in [1.807, 2.05) is 19.2 Å². The Bertz CT molecular complexity index is 905. The van der Waals surface area contributed by atoms with Gasteiger partial charge in [0.15, 0.2) is 0 Å². The van der Waals surface area contributed by atoms with Gasteiger partial charge in [-0.15, -0.1) is 0 Å². The van der Waals surface area contributed by atoms with Gasteiger partial charge in [-0.2, -0.15) is 0 Å². The summed E-state index contributed by atoms with van der Waals surface area (Å²) in [6, 6.07) is 6.68. The molecule has 0 spiro atoms. The van der Waals surface area contributed by atoms with Crippen LogP contribution in [0.5, 0.6) is 0 Å².